The summed E-state index contributed by atoms with van der Waals surface area (Å²) in [5, 5.41) is 8.55. The minimum atomic E-state index is -1.36. The monoisotopic (exact) mass is 244 g/mol. The molecule has 1 aromatic carbocycles. The second-order valence-corrected chi connectivity index (χ2v) is 4.98. The maximum atomic E-state index is 12.9. The lowest BCUT2D eigenvalue weighted by molar-refractivity contribution is 0.102. The molecule has 1 aromatic rings. The fourth-order valence-corrected chi connectivity index (χ4v) is 2.03. The van der Waals surface area contributed by atoms with Crippen molar-refractivity contribution in [2.45, 2.75) is 6.92 Å². The Morgan fingerprint density at radius 1 is 1.50 bits per heavy atom. The molecule has 0 saturated heterocycles. The molecule has 0 fully saturated rings. The van der Waals surface area contributed by atoms with Crippen molar-refractivity contribution < 1.29 is 18.5 Å². The van der Waals surface area contributed by atoms with Crippen LogP contribution in [0.1, 0.15) is 15.9 Å². The summed E-state index contributed by atoms with van der Waals surface area (Å²) in [6, 6.07) is 4.03. The molecule has 1 unspecified atom stereocenters. The summed E-state index contributed by atoms with van der Waals surface area (Å²) < 4.78 is 24.2. The number of aryl methyl sites for hydroxylation is 1. The van der Waals surface area contributed by atoms with E-state index in [0.29, 0.717) is 11.1 Å². The topological polar surface area (TPSA) is 54.4 Å². The van der Waals surface area contributed by atoms with Crippen molar-refractivity contribution in [3.63, 3.8) is 0 Å². The molecule has 0 heterocycles. The first-order valence-electron chi connectivity index (χ1n) is 4.79. The van der Waals surface area contributed by atoms with E-state index in [0.717, 1.165) is 0 Å². The third-order valence-electron chi connectivity index (χ3n) is 2.09. The summed E-state index contributed by atoms with van der Waals surface area (Å²) >= 11 is 0. The average Bonchev–Trinajstić information content (AvgIpc) is 2.22. The van der Waals surface area contributed by atoms with Gasteiger partial charge in [0.05, 0.1) is 12.4 Å². The SMILES string of the molecule is Cc1cc(C(=O)CS(=O)CCO)ccc1F. The van der Waals surface area contributed by atoms with Gasteiger partial charge in [0.25, 0.3) is 0 Å². The number of aliphatic hydroxyl groups excluding tert-OH is 1. The highest BCUT2D eigenvalue weighted by Crippen LogP contribution is 2.10. The van der Waals surface area contributed by atoms with Gasteiger partial charge in [-0.2, -0.15) is 0 Å². The summed E-state index contributed by atoms with van der Waals surface area (Å²) in [5.41, 5.74) is 0.740. The molecule has 0 amide bonds. The fraction of sp³-hybridized carbons (Fsp3) is 0.364. The zero-order valence-electron chi connectivity index (χ0n) is 8.90. The first-order chi connectivity index (χ1) is 7.54. The molecule has 0 aromatic heterocycles. The summed E-state index contributed by atoms with van der Waals surface area (Å²) in [4.78, 5) is 11.6. The molecule has 0 aliphatic rings. The van der Waals surface area contributed by atoms with E-state index in [-0.39, 0.29) is 29.7 Å². The number of carbonyl (C=O) groups is 1. The molecule has 5 heteroatoms. The normalized spacial score (nSPS) is 12.4. The van der Waals surface area contributed by atoms with E-state index in [1.807, 2.05) is 0 Å². The van der Waals surface area contributed by atoms with Gasteiger partial charge in [0.2, 0.25) is 0 Å². The molecule has 0 radical (unpaired) electrons. The lowest BCUT2D eigenvalue weighted by atomic mass is 10.1. The van der Waals surface area contributed by atoms with Gasteiger partial charge in [-0.15, -0.1) is 0 Å². The number of aliphatic hydroxyl groups is 1. The molecule has 0 aliphatic carbocycles. The number of rotatable bonds is 5. The highest BCUT2D eigenvalue weighted by atomic mass is 32.2. The van der Waals surface area contributed by atoms with E-state index in [1.54, 1.807) is 6.92 Å². The van der Waals surface area contributed by atoms with Crippen LogP contribution in [0.25, 0.3) is 0 Å². The van der Waals surface area contributed by atoms with Crippen molar-refractivity contribution in [1.29, 1.82) is 0 Å². The van der Waals surface area contributed by atoms with Gasteiger partial charge in [-0.25, -0.2) is 4.39 Å². The van der Waals surface area contributed by atoms with E-state index in [9.17, 15) is 13.4 Å². The molecule has 0 bridgehead atoms. The maximum Gasteiger partial charge on any atom is 0.175 e. The standard InChI is InChI=1S/C11H13FO3S/c1-8-6-9(2-3-10(8)12)11(14)7-16(15)5-4-13/h2-3,6,13H,4-5,7H2,1H3. The Hall–Kier alpha value is -1.07. The van der Waals surface area contributed by atoms with Crippen LogP contribution in [0.5, 0.6) is 0 Å². The Morgan fingerprint density at radius 2 is 2.19 bits per heavy atom. The summed E-state index contributed by atoms with van der Waals surface area (Å²) in [5.74, 6) is -0.708. The molecule has 0 saturated carbocycles. The Labute approximate surface area is 95.8 Å². The zero-order valence-corrected chi connectivity index (χ0v) is 9.72. The van der Waals surface area contributed by atoms with E-state index in [1.165, 1.54) is 18.2 Å². The lowest BCUT2D eigenvalue weighted by Gasteiger charge is -2.02. The first kappa shape index (κ1) is 13.0. The van der Waals surface area contributed by atoms with Gasteiger partial charge in [-0.1, -0.05) is 0 Å². The maximum absolute atomic E-state index is 12.9. The number of hydrogen-bond donors (Lipinski definition) is 1. The summed E-state index contributed by atoms with van der Waals surface area (Å²) in [6.07, 6.45) is 0. The molecular formula is C11H13FO3S. The van der Waals surface area contributed by atoms with E-state index in [4.69, 9.17) is 5.11 Å². The van der Waals surface area contributed by atoms with Gasteiger partial charge < -0.3 is 5.11 Å². The Bertz CT molecular complexity index is 418. The van der Waals surface area contributed by atoms with Crippen LogP contribution in [0.15, 0.2) is 18.2 Å². The average molecular weight is 244 g/mol. The van der Waals surface area contributed by atoms with E-state index in [2.05, 4.69) is 0 Å². The number of hydrogen-bond acceptors (Lipinski definition) is 3. The predicted octanol–water partition coefficient (Wildman–Crippen LogP) is 1.06. The van der Waals surface area contributed by atoms with Crippen LogP contribution >= 0.6 is 0 Å². The summed E-state index contributed by atoms with van der Waals surface area (Å²) in [7, 11) is -1.36. The summed E-state index contributed by atoms with van der Waals surface area (Å²) in [6.45, 7) is 1.36. The molecule has 3 nitrogen and oxygen atoms in total. The van der Waals surface area contributed by atoms with Gasteiger partial charge >= 0.3 is 0 Å². The first-order valence-corrected chi connectivity index (χ1v) is 6.28. The highest BCUT2D eigenvalue weighted by molar-refractivity contribution is 7.85. The van der Waals surface area contributed by atoms with Crippen molar-refractivity contribution in [1.82, 2.24) is 0 Å². The largest absolute Gasteiger partial charge is 0.395 e. The van der Waals surface area contributed by atoms with Gasteiger partial charge in [0, 0.05) is 22.1 Å². The number of benzene rings is 1. The van der Waals surface area contributed by atoms with Gasteiger partial charge in [0.15, 0.2) is 5.78 Å². The zero-order chi connectivity index (χ0) is 12.1. The van der Waals surface area contributed by atoms with Crippen LogP contribution < -0.4 is 0 Å². The number of carbonyl (C=O) groups excluding carboxylic acids is 1. The van der Waals surface area contributed by atoms with Crippen LogP contribution in [0.4, 0.5) is 4.39 Å². The van der Waals surface area contributed by atoms with Crippen LogP contribution in [-0.2, 0) is 10.8 Å². The third kappa shape index (κ3) is 3.50. The van der Waals surface area contributed by atoms with Crippen LogP contribution in [0, 0.1) is 12.7 Å². The minimum absolute atomic E-state index is 0.0892. The molecule has 0 spiro atoms. The predicted molar refractivity (Wildman–Crippen MR) is 60.4 cm³/mol. The number of ketones is 1. The molecule has 16 heavy (non-hydrogen) atoms. The van der Waals surface area contributed by atoms with Gasteiger partial charge in [0.1, 0.15) is 5.82 Å². The van der Waals surface area contributed by atoms with Crippen molar-refractivity contribution in [3.05, 3.63) is 35.1 Å². The molecule has 1 rings (SSSR count). The minimum Gasteiger partial charge on any atom is -0.395 e. The molecule has 0 aliphatic heterocycles. The molecular weight excluding hydrogens is 231 g/mol. The van der Waals surface area contributed by atoms with E-state index >= 15 is 0 Å². The van der Waals surface area contributed by atoms with Gasteiger partial charge in [-0.3, -0.25) is 9.00 Å². The van der Waals surface area contributed by atoms with Crippen LogP contribution in [0.3, 0.4) is 0 Å². The molecule has 1 N–H and O–H groups in total. The lowest BCUT2D eigenvalue weighted by Crippen LogP contribution is -2.15. The highest BCUT2D eigenvalue weighted by Gasteiger charge is 2.11. The van der Waals surface area contributed by atoms with Crippen molar-refractivity contribution >= 4 is 16.6 Å². The third-order valence-corrected chi connectivity index (χ3v) is 3.31. The van der Waals surface area contributed by atoms with Crippen LogP contribution in [-0.4, -0.2) is 33.2 Å². The second kappa shape index (κ2) is 5.86. The fourth-order valence-electron chi connectivity index (χ4n) is 1.22. The Balaban J connectivity index is 2.73. The smallest absolute Gasteiger partial charge is 0.175 e. The quantitative estimate of drug-likeness (QED) is 0.788. The molecule has 88 valence electrons. The van der Waals surface area contributed by atoms with Crippen molar-refractivity contribution in [3.8, 4) is 0 Å². The van der Waals surface area contributed by atoms with Crippen molar-refractivity contribution in [2.75, 3.05) is 18.1 Å². The second-order valence-electron chi connectivity index (χ2n) is 3.40. The van der Waals surface area contributed by atoms with Crippen LogP contribution in [0.2, 0.25) is 0 Å². The van der Waals surface area contributed by atoms with Crippen molar-refractivity contribution in [2.24, 2.45) is 0 Å². The number of Topliss-reactive ketones (excluding diaryl/α,β-unsaturated/α-hetero) is 1. The Kier molecular flexibility index (Phi) is 4.76. The number of halogens is 1. The van der Waals surface area contributed by atoms with Gasteiger partial charge in [-0.05, 0) is 30.7 Å². The van der Waals surface area contributed by atoms with E-state index < -0.39 is 10.8 Å². The molecule has 1 atom stereocenters. The Morgan fingerprint density at radius 3 is 2.75 bits per heavy atom.